The monoisotopic (exact) mass is 385 g/mol. The first-order valence-corrected chi connectivity index (χ1v) is 9.07. The van der Waals surface area contributed by atoms with Crippen molar-refractivity contribution in [2.45, 2.75) is 18.9 Å². The van der Waals surface area contributed by atoms with E-state index in [0.29, 0.717) is 42.2 Å². The van der Waals surface area contributed by atoms with Gasteiger partial charge in [0.2, 0.25) is 0 Å². The Balaban J connectivity index is 2.06. The number of amides is 1. The van der Waals surface area contributed by atoms with Crippen LogP contribution in [0.3, 0.4) is 0 Å². The number of rotatable bonds is 3. The van der Waals surface area contributed by atoms with Crippen LogP contribution in [0.25, 0.3) is 11.1 Å². The number of benzene rings is 2. The van der Waals surface area contributed by atoms with Gasteiger partial charge in [-0.15, -0.1) is 0 Å². The van der Waals surface area contributed by atoms with Gasteiger partial charge in [-0.1, -0.05) is 6.07 Å². The molecule has 2 aromatic carbocycles. The van der Waals surface area contributed by atoms with Crippen LogP contribution in [0.4, 0.5) is 4.79 Å². The summed E-state index contributed by atoms with van der Waals surface area (Å²) in [5.41, 5.74) is 4.35. The van der Waals surface area contributed by atoms with Gasteiger partial charge < -0.3 is 29.0 Å². The highest BCUT2D eigenvalue weighted by Crippen LogP contribution is 2.56. The Morgan fingerprint density at radius 3 is 2.43 bits per heavy atom. The maximum atomic E-state index is 12.4. The van der Waals surface area contributed by atoms with E-state index in [1.165, 1.54) is 14.2 Å². The van der Waals surface area contributed by atoms with E-state index in [9.17, 15) is 9.90 Å². The van der Waals surface area contributed by atoms with E-state index >= 15 is 0 Å². The van der Waals surface area contributed by atoms with E-state index in [-0.39, 0.29) is 17.9 Å². The molecule has 1 heterocycles. The first kappa shape index (κ1) is 18.3. The summed E-state index contributed by atoms with van der Waals surface area (Å²) in [6.45, 7) is 0.552. The number of aromatic hydroxyl groups is 1. The number of methoxy groups -OCH3 is 4. The van der Waals surface area contributed by atoms with E-state index in [1.54, 1.807) is 25.2 Å². The number of hydrogen-bond acceptors (Lipinski definition) is 6. The minimum atomic E-state index is -0.363. The van der Waals surface area contributed by atoms with Gasteiger partial charge in [-0.2, -0.15) is 0 Å². The molecule has 1 amide bonds. The fraction of sp³-hybridized carbons (Fsp3) is 0.381. The minimum absolute atomic E-state index is 0.0578. The molecular formula is C21H23NO6. The largest absolute Gasteiger partial charge is 0.504 e. The second kappa shape index (κ2) is 6.82. The summed E-state index contributed by atoms with van der Waals surface area (Å²) in [5.74, 6) is 1.57. The highest BCUT2D eigenvalue weighted by molar-refractivity contribution is 5.89. The van der Waals surface area contributed by atoms with Crippen molar-refractivity contribution in [1.82, 2.24) is 4.90 Å². The lowest BCUT2D eigenvalue weighted by atomic mass is 9.76. The van der Waals surface area contributed by atoms with Gasteiger partial charge in [0, 0.05) is 17.7 Å². The highest BCUT2D eigenvalue weighted by atomic mass is 16.5. The van der Waals surface area contributed by atoms with Crippen LogP contribution in [0, 0.1) is 0 Å². The summed E-state index contributed by atoms with van der Waals surface area (Å²) >= 11 is 0. The lowest BCUT2D eigenvalue weighted by Crippen LogP contribution is -2.42. The zero-order valence-corrected chi connectivity index (χ0v) is 16.4. The number of hydrogen-bond donors (Lipinski definition) is 1. The van der Waals surface area contributed by atoms with Crippen molar-refractivity contribution in [3.05, 3.63) is 34.9 Å². The number of carbonyl (C=O) groups is 1. The third-order valence-corrected chi connectivity index (χ3v) is 5.65. The van der Waals surface area contributed by atoms with Gasteiger partial charge in [0.15, 0.2) is 23.0 Å². The smallest absolute Gasteiger partial charge is 0.410 e. The first-order chi connectivity index (χ1) is 13.5. The van der Waals surface area contributed by atoms with Crippen molar-refractivity contribution in [2.75, 3.05) is 35.0 Å². The summed E-state index contributed by atoms with van der Waals surface area (Å²) < 4.78 is 21.6. The quantitative estimate of drug-likeness (QED) is 0.874. The lowest BCUT2D eigenvalue weighted by molar-refractivity contribution is 0.100. The average molecular weight is 385 g/mol. The number of carbonyl (C=O) groups excluding carboxylic acids is 1. The first-order valence-electron chi connectivity index (χ1n) is 9.07. The Morgan fingerprint density at radius 1 is 1.04 bits per heavy atom. The fourth-order valence-corrected chi connectivity index (χ4v) is 4.43. The van der Waals surface area contributed by atoms with Crippen LogP contribution in [0.2, 0.25) is 0 Å². The third kappa shape index (κ3) is 2.46. The molecule has 0 saturated carbocycles. The van der Waals surface area contributed by atoms with E-state index in [0.717, 1.165) is 22.3 Å². The van der Waals surface area contributed by atoms with Crippen molar-refractivity contribution >= 4 is 6.09 Å². The molecule has 2 aliphatic rings. The molecule has 0 saturated heterocycles. The maximum absolute atomic E-state index is 12.4. The molecule has 1 aliphatic heterocycles. The molecule has 0 fully saturated rings. The maximum Gasteiger partial charge on any atom is 0.410 e. The molecule has 28 heavy (non-hydrogen) atoms. The molecule has 0 aromatic heterocycles. The normalized spacial score (nSPS) is 16.7. The predicted molar refractivity (Wildman–Crippen MR) is 102 cm³/mol. The molecule has 2 aromatic rings. The van der Waals surface area contributed by atoms with Gasteiger partial charge in [-0.05, 0) is 41.7 Å². The Hall–Kier alpha value is -3.09. The van der Waals surface area contributed by atoms with Gasteiger partial charge in [0.1, 0.15) is 0 Å². The van der Waals surface area contributed by atoms with Crippen LogP contribution < -0.4 is 14.2 Å². The SMILES string of the molecule is COC(=O)N1CCc2cc(OC)c(OC)c3c2[C@@H]1Cc1ccc(OC)c(O)c1-3. The summed E-state index contributed by atoms with van der Waals surface area (Å²) in [5, 5.41) is 10.9. The second-order valence-electron chi connectivity index (χ2n) is 6.84. The average Bonchev–Trinajstić information content (AvgIpc) is 2.72. The molecule has 0 unspecified atom stereocenters. The summed E-state index contributed by atoms with van der Waals surface area (Å²) in [6, 6.07) is 5.41. The Kier molecular flexibility index (Phi) is 4.45. The standard InChI is InChI=1S/C21H23NO6/c1-25-14-6-5-11-9-13-16-12(7-8-22(13)21(24)28-4)10-15(26-2)20(27-3)18(16)17(11)19(14)23/h5-6,10,13,23H,7-9H2,1-4H3/t13-/m0/s1. The number of nitrogens with zero attached hydrogens (tertiary/aromatic N) is 1. The van der Waals surface area contributed by atoms with Crippen LogP contribution in [0.1, 0.15) is 22.7 Å². The lowest BCUT2D eigenvalue weighted by Gasteiger charge is -2.41. The summed E-state index contributed by atoms with van der Waals surface area (Å²) in [6.07, 6.45) is 0.865. The predicted octanol–water partition coefficient (Wildman–Crippen LogP) is 3.31. The van der Waals surface area contributed by atoms with Crippen LogP contribution in [-0.4, -0.2) is 51.1 Å². The van der Waals surface area contributed by atoms with Crippen molar-refractivity contribution < 1.29 is 28.8 Å². The zero-order valence-electron chi connectivity index (χ0n) is 16.4. The Morgan fingerprint density at radius 2 is 1.79 bits per heavy atom. The summed E-state index contributed by atoms with van der Waals surface area (Å²) in [7, 11) is 6.07. The molecule has 1 atom stereocenters. The molecule has 0 radical (unpaired) electrons. The van der Waals surface area contributed by atoms with E-state index in [4.69, 9.17) is 18.9 Å². The van der Waals surface area contributed by atoms with Crippen molar-refractivity contribution in [3.8, 4) is 34.1 Å². The van der Waals surface area contributed by atoms with Gasteiger partial charge in [-0.3, -0.25) is 0 Å². The Labute approximate surface area is 163 Å². The van der Waals surface area contributed by atoms with Crippen molar-refractivity contribution in [3.63, 3.8) is 0 Å². The van der Waals surface area contributed by atoms with E-state index < -0.39 is 0 Å². The topological polar surface area (TPSA) is 77.5 Å². The van der Waals surface area contributed by atoms with Crippen molar-refractivity contribution in [2.24, 2.45) is 0 Å². The molecule has 7 nitrogen and oxygen atoms in total. The van der Waals surface area contributed by atoms with Crippen LogP contribution in [0.15, 0.2) is 18.2 Å². The molecule has 1 aliphatic carbocycles. The Bertz CT molecular complexity index is 955. The minimum Gasteiger partial charge on any atom is -0.504 e. The number of ether oxygens (including phenoxy) is 4. The number of fused-ring (bicyclic) bond motifs is 2. The molecule has 0 spiro atoms. The van der Waals surface area contributed by atoms with Gasteiger partial charge >= 0.3 is 6.09 Å². The third-order valence-electron chi connectivity index (χ3n) is 5.65. The van der Waals surface area contributed by atoms with Crippen LogP contribution in [-0.2, 0) is 17.6 Å². The zero-order chi connectivity index (χ0) is 20.0. The molecular weight excluding hydrogens is 362 g/mol. The van der Waals surface area contributed by atoms with Crippen molar-refractivity contribution in [1.29, 1.82) is 0 Å². The fourth-order valence-electron chi connectivity index (χ4n) is 4.43. The van der Waals surface area contributed by atoms with E-state index in [1.807, 2.05) is 12.1 Å². The molecule has 0 bridgehead atoms. The molecule has 1 N–H and O–H groups in total. The second-order valence-corrected chi connectivity index (χ2v) is 6.84. The van der Waals surface area contributed by atoms with Crippen LogP contribution in [0.5, 0.6) is 23.0 Å². The van der Waals surface area contributed by atoms with Gasteiger partial charge in [-0.25, -0.2) is 4.79 Å². The van der Waals surface area contributed by atoms with Gasteiger partial charge in [0.25, 0.3) is 0 Å². The van der Waals surface area contributed by atoms with E-state index in [2.05, 4.69) is 0 Å². The van der Waals surface area contributed by atoms with Crippen LogP contribution >= 0.6 is 0 Å². The highest BCUT2D eigenvalue weighted by Gasteiger charge is 2.41. The summed E-state index contributed by atoms with van der Waals surface area (Å²) in [4.78, 5) is 14.2. The van der Waals surface area contributed by atoms with Gasteiger partial charge in [0.05, 0.1) is 34.5 Å². The molecule has 7 heteroatoms. The number of phenolic OH excluding ortho intramolecular Hbond substituents is 1. The number of phenols is 1. The molecule has 4 rings (SSSR count). The molecule has 148 valence electrons.